The minimum atomic E-state index is -0.626. The van der Waals surface area contributed by atoms with Crippen LogP contribution in [0.15, 0.2) is 24.4 Å². The van der Waals surface area contributed by atoms with Crippen LogP contribution in [0.3, 0.4) is 0 Å². The lowest BCUT2D eigenvalue weighted by molar-refractivity contribution is -0.144. The fraction of sp³-hybridized carbons (Fsp3) is 0.353. The number of ether oxygens (including phenoxy) is 3. The van der Waals surface area contributed by atoms with E-state index < -0.39 is 12.0 Å². The van der Waals surface area contributed by atoms with E-state index in [1.54, 1.807) is 19.2 Å². The Morgan fingerprint density at radius 1 is 1.28 bits per heavy atom. The molecule has 3 rings (SSSR count). The van der Waals surface area contributed by atoms with Crippen molar-refractivity contribution in [2.45, 2.75) is 18.9 Å². The standard InChI is InChI=1S/C17H18ClN3O4/c1-4-25-16(22)14-13(10-7-9(18)5-6-12(10)20-14)11-8-19-17(24-3)21-15(11)23-2/h5-8,13-14,20H,4H2,1-3H3. The van der Waals surface area contributed by atoms with Gasteiger partial charge in [-0.05, 0) is 30.7 Å². The fourth-order valence-corrected chi connectivity index (χ4v) is 3.14. The molecule has 2 atom stereocenters. The van der Waals surface area contributed by atoms with Gasteiger partial charge in [0.05, 0.1) is 20.8 Å². The Morgan fingerprint density at radius 2 is 2.08 bits per heavy atom. The average molecular weight is 364 g/mol. The van der Waals surface area contributed by atoms with E-state index in [4.69, 9.17) is 25.8 Å². The number of aromatic nitrogens is 2. The third-order valence-electron chi connectivity index (χ3n) is 4.00. The highest BCUT2D eigenvalue weighted by molar-refractivity contribution is 6.30. The average Bonchev–Trinajstić information content (AvgIpc) is 2.99. The van der Waals surface area contributed by atoms with Gasteiger partial charge in [0.1, 0.15) is 6.04 Å². The molecule has 8 heteroatoms. The van der Waals surface area contributed by atoms with Crippen LogP contribution in [0.2, 0.25) is 5.02 Å². The summed E-state index contributed by atoms with van der Waals surface area (Å²) in [5.41, 5.74) is 2.32. The summed E-state index contributed by atoms with van der Waals surface area (Å²) in [7, 11) is 2.98. The number of methoxy groups -OCH3 is 2. The lowest BCUT2D eigenvalue weighted by Gasteiger charge is -2.20. The molecule has 1 aromatic heterocycles. The largest absolute Gasteiger partial charge is 0.481 e. The first-order chi connectivity index (χ1) is 12.1. The van der Waals surface area contributed by atoms with Crippen LogP contribution in [0.4, 0.5) is 5.69 Å². The molecule has 7 nitrogen and oxygen atoms in total. The Labute approximate surface area is 150 Å². The van der Waals surface area contributed by atoms with Crippen LogP contribution >= 0.6 is 11.6 Å². The maximum Gasteiger partial charge on any atom is 0.329 e. The molecular formula is C17H18ClN3O4. The molecule has 1 aliphatic rings. The number of benzene rings is 1. The molecule has 0 spiro atoms. The van der Waals surface area contributed by atoms with Gasteiger partial charge in [0.25, 0.3) is 0 Å². The van der Waals surface area contributed by atoms with Gasteiger partial charge < -0.3 is 19.5 Å². The molecular weight excluding hydrogens is 346 g/mol. The summed E-state index contributed by atoms with van der Waals surface area (Å²) in [4.78, 5) is 20.9. The van der Waals surface area contributed by atoms with Crippen LogP contribution in [-0.2, 0) is 9.53 Å². The predicted molar refractivity (Wildman–Crippen MR) is 92.5 cm³/mol. The Morgan fingerprint density at radius 3 is 2.76 bits per heavy atom. The number of hydrogen-bond acceptors (Lipinski definition) is 7. The van der Waals surface area contributed by atoms with Gasteiger partial charge >= 0.3 is 12.0 Å². The fourth-order valence-electron chi connectivity index (χ4n) is 2.96. The smallest absolute Gasteiger partial charge is 0.329 e. The van der Waals surface area contributed by atoms with Gasteiger partial charge in [-0.2, -0.15) is 4.98 Å². The van der Waals surface area contributed by atoms with Crippen molar-refractivity contribution in [1.82, 2.24) is 9.97 Å². The van der Waals surface area contributed by atoms with Crippen LogP contribution < -0.4 is 14.8 Å². The van der Waals surface area contributed by atoms with Crippen molar-refractivity contribution >= 4 is 23.3 Å². The molecule has 0 bridgehead atoms. The van der Waals surface area contributed by atoms with Crippen LogP contribution in [0, 0.1) is 0 Å². The molecule has 0 radical (unpaired) electrons. The molecule has 2 unspecified atom stereocenters. The van der Waals surface area contributed by atoms with Crippen molar-refractivity contribution in [3.63, 3.8) is 0 Å². The van der Waals surface area contributed by atoms with Gasteiger partial charge in [0.15, 0.2) is 0 Å². The molecule has 1 N–H and O–H groups in total. The Balaban J connectivity index is 2.12. The van der Waals surface area contributed by atoms with Gasteiger partial charge in [-0.3, -0.25) is 0 Å². The van der Waals surface area contributed by atoms with E-state index >= 15 is 0 Å². The quantitative estimate of drug-likeness (QED) is 0.817. The summed E-state index contributed by atoms with van der Waals surface area (Å²) < 4.78 is 15.7. The first-order valence-electron chi connectivity index (χ1n) is 7.76. The lowest BCUT2D eigenvalue weighted by atomic mass is 9.89. The third kappa shape index (κ3) is 3.19. The predicted octanol–water partition coefficient (Wildman–Crippen LogP) is 2.64. The SMILES string of the molecule is CCOC(=O)C1Nc2ccc(Cl)cc2C1c1cnc(OC)nc1OC. The normalized spacial score (nSPS) is 18.2. The van der Waals surface area contributed by atoms with E-state index in [0.717, 1.165) is 11.3 Å². The second-order valence-corrected chi connectivity index (χ2v) is 5.84. The molecule has 132 valence electrons. The van der Waals surface area contributed by atoms with Crippen LogP contribution in [0.5, 0.6) is 11.9 Å². The number of nitrogens with zero attached hydrogens (tertiary/aromatic N) is 2. The summed E-state index contributed by atoms with van der Waals surface area (Å²) in [5, 5.41) is 3.77. The highest BCUT2D eigenvalue weighted by atomic mass is 35.5. The number of hydrogen-bond donors (Lipinski definition) is 1. The van der Waals surface area contributed by atoms with Gasteiger partial charge in [-0.15, -0.1) is 0 Å². The molecule has 25 heavy (non-hydrogen) atoms. The van der Waals surface area contributed by atoms with E-state index in [0.29, 0.717) is 16.5 Å². The number of anilines is 1. The first-order valence-corrected chi connectivity index (χ1v) is 8.14. The number of esters is 1. The van der Waals surface area contributed by atoms with Crippen molar-refractivity contribution in [2.24, 2.45) is 0 Å². The Bertz CT molecular complexity index is 799. The monoisotopic (exact) mass is 363 g/mol. The van der Waals surface area contributed by atoms with Gasteiger partial charge in [-0.1, -0.05) is 11.6 Å². The lowest BCUT2D eigenvalue weighted by Crippen LogP contribution is -2.33. The highest BCUT2D eigenvalue weighted by Crippen LogP contribution is 2.44. The molecule has 0 saturated carbocycles. The molecule has 1 aromatic carbocycles. The zero-order valence-electron chi connectivity index (χ0n) is 14.1. The van der Waals surface area contributed by atoms with Gasteiger partial charge in [0, 0.05) is 28.4 Å². The minimum Gasteiger partial charge on any atom is -0.481 e. The van der Waals surface area contributed by atoms with Crippen LogP contribution in [0.1, 0.15) is 24.0 Å². The molecule has 0 amide bonds. The summed E-state index contributed by atoms with van der Waals surface area (Å²) in [6.45, 7) is 2.06. The molecule has 2 heterocycles. The first kappa shape index (κ1) is 17.3. The second-order valence-electron chi connectivity index (χ2n) is 5.40. The van der Waals surface area contributed by atoms with E-state index in [2.05, 4.69) is 15.3 Å². The molecule has 2 aromatic rings. The summed E-state index contributed by atoms with van der Waals surface area (Å²) in [6, 6.07) is 4.97. The van der Waals surface area contributed by atoms with Crippen molar-refractivity contribution in [2.75, 3.05) is 26.1 Å². The maximum atomic E-state index is 12.5. The summed E-state index contributed by atoms with van der Waals surface area (Å²) >= 11 is 6.16. The Kier molecular flexibility index (Phi) is 4.94. The van der Waals surface area contributed by atoms with E-state index in [9.17, 15) is 4.79 Å². The van der Waals surface area contributed by atoms with E-state index in [1.165, 1.54) is 14.2 Å². The molecule has 0 saturated heterocycles. The van der Waals surface area contributed by atoms with Gasteiger partial charge in [0.2, 0.25) is 5.88 Å². The van der Waals surface area contributed by atoms with Crippen molar-refractivity contribution < 1.29 is 19.0 Å². The van der Waals surface area contributed by atoms with Gasteiger partial charge in [-0.25, -0.2) is 9.78 Å². The summed E-state index contributed by atoms with van der Waals surface area (Å²) in [6.07, 6.45) is 1.60. The molecule has 1 aliphatic heterocycles. The van der Waals surface area contributed by atoms with Crippen LogP contribution in [-0.4, -0.2) is 42.8 Å². The molecule has 0 fully saturated rings. The van der Waals surface area contributed by atoms with Crippen molar-refractivity contribution in [3.8, 4) is 11.9 Å². The number of carbonyl (C=O) groups excluding carboxylic acids is 1. The second kappa shape index (κ2) is 7.14. The highest BCUT2D eigenvalue weighted by Gasteiger charge is 2.41. The molecule has 0 aliphatic carbocycles. The number of carbonyl (C=O) groups is 1. The van der Waals surface area contributed by atoms with Crippen molar-refractivity contribution in [1.29, 1.82) is 0 Å². The van der Waals surface area contributed by atoms with Crippen molar-refractivity contribution in [3.05, 3.63) is 40.5 Å². The topological polar surface area (TPSA) is 82.6 Å². The Hall–Kier alpha value is -2.54. The number of fused-ring (bicyclic) bond motifs is 1. The van der Waals surface area contributed by atoms with E-state index in [1.807, 2.05) is 12.1 Å². The number of nitrogens with one attached hydrogen (secondary N) is 1. The zero-order chi connectivity index (χ0) is 18.0. The van der Waals surface area contributed by atoms with Crippen LogP contribution in [0.25, 0.3) is 0 Å². The maximum absolute atomic E-state index is 12.5. The minimum absolute atomic E-state index is 0.186. The number of rotatable bonds is 5. The number of halogens is 1. The third-order valence-corrected chi connectivity index (χ3v) is 4.24. The van der Waals surface area contributed by atoms with E-state index in [-0.39, 0.29) is 18.6 Å². The zero-order valence-corrected chi connectivity index (χ0v) is 14.8. The summed E-state index contributed by atoms with van der Waals surface area (Å²) in [5.74, 6) is -0.424.